The third-order valence-corrected chi connectivity index (χ3v) is 4.49. The van der Waals surface area contributed by atoms with Crippen LogP contribution in [-0.2, 0) is 4.74 Å². The van der Waals surface area contributed by atoms with Gasteiger partial charge < -0.3 is 20.1 Å². The number of imidazole rings is 1. The van der Waals surface area contributed by atoms with Gasteiger partial charge in [-0.1, -0.05) is 18.2 Å². The molecule has 1 aliphatic heterocycles. The molecule has 3 aromatic rings. The lowest BCUT2D eigenvalue weighted by Gasteiger charge is -2.16. The predicted molar refractivity (Wildman–Crippen MR) is 95.6 cm³/mol. The minimum absolute atomic E-state index is 0.0320. The van der Waals surface area contributed by atoms with Crippen LogP contribution in [0.2, 0.25) is 0 Å². The van der Waals surface area contributed by atoms with E-state index in [-0.39, 0.29) is 17.1 Å². The molecule has 5 N–H and O–H groups in total. The zero-order valence-corrected chi connectivity index (χ0v) is 14.4. The lowest BCUT2D eigenvalue weighted by atomic mass is 10.1. The quantitative estimate of drug-likeness (QED) is 0.380. The van der Waals surface area contributed by atoms with E-state index < -0.39 is 42.6 Å². The number of ether oxygens (including phenoxy) is 1. The second-order valence-corrected chi connectivity index (χ2v) is 6.29. The van der Waals surface area contributed by atoms with Crippen molar-refractivity contribution in [2.45, 2.75) is 24.5 Å². The number of nitrogens with zero attached hydrogens (tertiary/aromatic N) is 3. The van der Waals surface area contributed by atoms with Gasteiger partial charge in [-0.3, -0.25) is 24.5 Å². The number of amides is 1. The number of aromatic nitrogens is 4. The highest BCUT2D eigenvalue weighted by Crippen LogP contribution is 2.30. The van der Waals surface area contributed by atoms with Gasteiger partial charge in [-0.25, -0.2) is 4.98 Å². The van der Waals surface area contributed by atoms with E-state index in [1.165, 1.54) is 10.9 Å². The monoisotopic (exact) mass is 387 g/mol. The molecule has 0 unspecified atom stereocenters. The molecular formula is C17H17N5O6. The van der Waals surface area contributed by atoms with Gasteiger partial charge in [0.15, 0.2) is 17.4 Å². The predicted octanol–water partition coefficient (Wildman–Crippen LogP) is -1.02. The van der Waals surface area contributed by atoms with Gasteiger partial charge in [-0.05, 0) is 12.1 Å². The summed E-state index contributed by atoms with van der Waals surface area (Å²) in [5.41, 5.74) is -0.210. The van der Waals surface area contributed by atoms with Crippen LogP contribution < -0.4 is 10.9 Å². The van der Waals surface area contributed by atoms with E-state index in [0.717, 1.165) is 0 Å². The molecule has 1 aromatic carbocycles. The molecule has 3 heterocycles. The molecule has 1 fully saturated rings. The summed E-state index contributed by atoms with van der Waals surface area (Å²) in [7, 11) is 0. The molecule has 1 aliphatic rings. The number of hydrogen-bond donors (Lipinski definition) is 5. The number of rotatable bonds is 4. The maximum absolute atomic E-state index is 12.3. The fourth-order valence-corrected chi connectivity index (χ4v) is 3.05. The second-order valence-electron chi connectivity index (χ2n) is 6.29. The first kappa shape index (κ1) is 18.3. The largest absolute Gasteiger partial charge is 0.394 e. The number of H-pyrrole nitrogens is 1. The first-order chi connectivity index (χ1) is 13.5. The summed E-state index contributed by atoms with van der Waals surface area (Å²) in [6.07, 6.45) is -3.54. The van der Waals surface area contributed by atoms with Crippen molar-refractivity contribution in [3.63, 3.8) is 0 Å². The van der Waals surface area contributed by atoms with Crippen LogP contribution in [0.15, 0.2) is 41.5 Å². The molecule has 0 spiro atoms. The van der Waals surface area contributed by atoms with Crippen LogP contribution in [-0.4, -0.2) is 65.7 Å². The van der Waals surface area contributed by atoms with Crippen LogP contribution >= 0.6 is 0 Å². The van der Waals surface area contributed by atoms with Gasteiger partial charge in [0.1, 0.15) is 18.3 Å². The Morgan fingerprint density at radius 2 is 2.00 bits per heavy atom. The standard InChI is InChI=1S/C17H17N5O6/c23-6-9-11(24)12(25)16(28-9)22-7-18-10-13(22)19-17(21-15(10)27)20-14(26)8-4-2-1-3-5-8/h1-5,7,9,11-12,16,23-25H,6H2,(H2,19,20,21,26,27)/t9-,11+,12-,16-/m0/s1. The summed E-state index contributed by atoms with van der Waals surface area (Å²) >= 11 is 0. The maximum Gasteiger partial charge on any atom is 0.280 e. The van der Waals surface area contributed by atoms with Gasteiger partial charge in [-0.15, -0.1) is 0 Å². The fourth-order valence-electron chi connectivity index (χ4n) is 3.05. The molecular weight excluding hydrogens is 370 g/mol. The number of aliphatic hydroxyl groups excluding tert-OH is 3. The normalized spacial score (nSPS) is 24.5. The number of carbonyl (C=O) groups excluding carboxylic acids is 1. The van der Waals surface area contributed by atoms with Crippen molar-refractivity contribution in [2.24, 2.45) is 0 Å². The smallest absolute Gasteiger partial charge is 0.280 e. The van der Waals surface area contributed by atoms with Gasteiger partial charge in [0, 0.05) is 5.56 Å². The molecule has 4 atom stereocenters. The van der Waals surface area contributed by atoms with E-state index in [9.17, 15) is 24.9 Å². The van der Waals surface area contributed by atoms with E-state index in [4.69, 9.17) is 4.74 Å². The molecule has 0 aliphatic carbocycles. The lowest BCUT2D eigenvalue weighted by molar-refractivity contribution is -0.0511. The number of aliphatic hydroxyl groups is 3. The molecule has 146 valence electrons. The van der Waals surface area contributed by atoms with Crippen LogP contribution in [0, 0.1) is 0 Å². The van der Waals surface area contributed by atoms with Gasteiger partial charge >= 0.3 is 0 Å². The fraction of sp³-hybridized carbons (Fsp3) is 0.294. The molecule has 28 heavy (non-hydrogen) atoms. The summed E-state index contributed by atoms with van der Waals surface area (Å²) in [6, 6.07) is 8.38. The highest BCUT2D eigenvalue weighted by molar-refractivity contribution is 6.03. The number of aromatic amines is 1. The van der Waals surface area contributed by atoms with Gasteiger partial charge in [0.05, 0.1) is 12.9 Å². The van der Waals surface area contributed by atoms with Crippen LogP contribution in [0.3, 0.4) is 0 Å². The third kappa shape index (κ3) is 3.05. The van der Waals surface area contributed by atoms with Crippen molar-refractivity contribution >= 4 is 23.0 Å². The molecule has 1 amide bonds. The molecule has 11 nitrogen and oxygen atoms in total. The van der Waals surface area contributed by atoms with Crippen molar-refractivity contribution in [3.8, 4) is 0 Å². The highest BCUT2D eigenvalue weighted by atomic mass is 16.6. The average molecular weight is 387 g/mol. The zero-order valence-electron chi connectivity index (χ0n) is 14.4. The summed E-state index contributed by atoms with van der Waals surface area (Å²) < 4.78 is 6.72. The lowest BCUT2D eigenvalue weighted by Crippen LogP contribution is -2.33. The number of fused-ring (bicyclic) bond motifs is 1. The number of carbonyl (C=O) groups is 1. The Hall–Kier alpha value is -3.12. The minimum atomic E-state index is -1.36. The van der Waals surface area contributed by atoms with E-state index in [2.05, 4.69) is 20.3 Å². The van der Waals surface area contributed by atoms with Gasteiger partial charge in [0.2, 0.25) is 5.95 Å². The Labute approximate surface area is 157 Å². The Bertz CT molecular complexity index is 1060. The van der Waals surface area contributed by atoms with E-state index >= 15 is 0 Å². The Morgan fingerprint density at radius 1 is 1.25 bits per heavy atom. The number of anilines is 1. The Balaban J connectivity index is 1.69. The van der Waals surface area contributed by atoms with Crippen LogP contribution in [0.5, 0.6) is 0 Å². The molecule has 0 radical (unpaired) electrons. The minimum Gasteiger partial charge on any atom is -0.394 e. The summed E-state index contributed by atoms with van der Waals surface area (Å²) in [5.74, 6) is -0.582. The second kappa shape index (κ2) is 7.13. The van der Waals surface area contributed by atoms with E-state index in [0.29, 0.717) is 5.56 Å². The number of hydrogen-bond acceptors (Lipinski definition) is 8. The van der Waals surface area contributed by atoms with Crippen molar-refractivity contribution < 1.29 is 24.9 Å². The molecule has 0 saturated carbocycles. The number of benzene rings is 1. The Kier molecular flexibility index (Phi) is 4.65. The van der Waals surface area contributed by atoms with Gasteiger partial charge in [0.25, 0.3) is 11.5 Å². The molecule has 4 rings (SSSR count). The van der Waals surface area contributed by atoms with Crippen molar-refractivity contribution in [2.75, 3.05) is 11.9 Å². The molecule has 0 bridgehead atoms. The van der Waals surface area contributed by atoms with Crippen molar-refractivity contribution in [3.05, 3.63) is 52.6 Å². The molecule has 2 aromatic heterocycles. The van der Waals surface area contributed by atoms with Crippen LogP contribution in [0.4, 0.5) is 5.95 Å². The summed E-state index contributed by atoms with van der Waals surface area (Å²) in [5, 5.41) is 31.9. The van der Waals surface area contributed by atoms with Crippen molar-refractivity contribution in [1.82, 2.24) is 19.5 Å². The maximum atomic E-state index is 12.3. The third-order valence-electron chi connectivity index (χ3n) is 4.49. The highest BCUT2D eigenvalue weighted by Gasteiger charge is 2.44. The average Bonchev–Trinajstić information content (AvgIpc) is 3.24. The first-order valence-corrected chi connectivity index (χ1v) is 8.45. The summed E-state index contributed by atoms with van der Waals surface area (Å²) in [4.78, 5) is 35.2. The SMILES string of the molecule is O=C(Nc1nc2c(ncn2[C@H]2O[C@@H](CO)[C@@H](O)[C@@H]2O)c(=O)[nH]1)c1ccccc1. The van der Waals surface area contributed by atoms with E-state index in [1.807, 2.05) is 0 Å². The van der Waals surface area contributed by atoms with E-state index in [1.54, 1.807) is 30.3 Å². The summed E-state index contributed by atoms with van der Waals surface area (Å²) in [6.45, 7) is -0.492. The zero-order chi connectivity index (χ0) is 19.8. The van der Waals surface area contributed by atoms with Crippen molar-refractivity contribution in [1.29, 1.82) is 0 Å². The molecule has 11 heteroatoms. The van der Waals surface area contributed by atoms with Crippen LogP contribution in [0.1, 0.15) is 16.6 Å². The van der Waals surface area contributed by atoms with Crippen LogP contribution in [0.25, 0.3) is 11.2 Å². The number of nitrogens with one attached hydrogen (secondary N) is 2. The Morgan fingerprint density at radius 3 is 2.68 bits per heavy atom. The van der Waals surface area contributed by atoms with Gasteiger partial charge in [-0.2, -0.15) is 4.98 Å². The molecule has 1 saturated heterocycles. The first-order valence-electron chi connectivity index (χ1n) is 8.45. The topological polar surface area (TPSA) is 163 Å².